The molecule has 10 rings (SSSR count). The standard InChI is InChI=1S/C46H37N5O/c1-28(2)32-14-11-15-33(29(3)4)44(32)49-25-24-47-46(49)51-41-18-9-6-13-36(41)37-23-21-31(27-43(37)51)52-30-20-22-34-35-12-5-8-17-40(35)50-42-19-10-7-16-39(42)48-45(50)38(34)26-30/h5-29H,1-4H3. The maximum Gasteiger partial charge on any atom is 0.219 e. The van der Waals surface area contributed by atoms with Crippen molar-refractivity contribution in [2.75, 3.05) is 0 Å². The summed E-state index contributed by atoms with van der Waals surface area (Å²) in [6, 6.07) is 44.9. The van der Waals surface area contributed by atoms with E-state index >= 15 is 0 Å². The molecule has 6 heteroatoms. The van der Waals surface area contributed by atoms with Gasteiger partial charge in [0.1, 0.15) is 17.1 Å². The lowest BCUT2D eigenvalue weighted by Gasteiger charge is -2.22. The first-order valence-electron chi connectivity index (χ1n) is 18.1. The maximum absolute atomic E-state index is 6.74. The van der Waals surface area contributed by atoms with Crippen LogP contribution < -0.4 is 4.74 Å². The van der Waals surface area contributed by atoms with E-state index in [0.29, 0.717) is 11.8 Å². The predicted octanol–water partition coefficient (Wildman–Crippen LogP) is 12.1. The molecule has 0 unspecified atom stereocenters. The van der Waals surface area contributed by atoms with Crippen molar-refractivity contribution in [3.8, 4) is 23.1 Å². The van der Waals surface area contributed by atoms with Crippen molar-refractivity contribution >= 4 is 60.2 Å². The monoisotopic (exact) mass is 675 g/mol. The minimum atomic E-state index is 0.351. The third-order valence-electron chi connectivity index (χ3n) is 10.5. The maximum atomic E-state index is 6.74. The number of ether oxygens (including phenoxy) is 1. The third-order valence-corrected chi connectivity index (χ3v) is 10.5. The Morgan fingerprint density at radius 2 is 1.15 bits per heavy atom. The number of para-hydroxylation sites is 5. The highest BCUT2D eigenvalue weighted by atomic mass is 16.5. The Balaban J connectivity index is 1.15. The van der Waals surface area contributed by atoms with Gasteiger partial charge in [-0.1, -0.05) is 94.4 Å². The minimum absolute atomic E-state index is 0.351. The Kier molecular flexibility index (Phi) is 6.77. The molecular weight excluding hydrogens is 639 g/mol. The van der Waals surface area contributed by atoms with Gasteiger partial charge in [0.15, 0.2) is 0 Å². The molecule has 0 saturated heterocycles. The SMILES string of the molecule is CC(C)c1cccc(C(C)C)c1-n1ccnc1-n1c2ccccc2c2ccc(Oc3ccc4c5ccccc5n5c6ccccc6nc5c4c3)cc21. The molecule has 6 nitrogen and oxygen atoms in total. The summed E-state index contributed by atoms with van der Waals surface area (Å²) in [7, 11) is 0. The summed E-state index contributed by atoms with van der Waals surface area (Å²) in [5.74, 6) is 3.06. The summed E-state index contributed by atoms with van der Waals surface area (Å²) >= 11 is 0. The first-order chi connectivity index (χ1) is 25.5. The molecule has 52 heavy (non-hydrogen) atoms. The average molecular weight is 676 g/mol. The lowest BCUT2D eigenvalue weighted by molar-refractivity contribution is 0.484. The summed E-state index contributed by atoms with van der Waals surface area (Å²) in [4.78, 5) is 10.1. The van der Waals surface area contributed by atoms with Crippen LogP contribution in [0, 0.1) is 0 Å². The van der Waals surface area contributed by atoms with Crippen molar-refractivity contribution in [2.24, 2.45) is 0 Å². The molecule has 0 aliphatic heterocycles. The van der Waals surface area contributed by atoms with Gasteiger partial charge in [-0.2, -0.15) is 0 Å². The fraction of sp³-hybridized carbons (Fsp3) is 0.130. The van der Waals surface area contributed by atoms with E-state index in [9.17, 15) is 0 Å². The van der Waals surface area contributed by atoms with E-state index < -0.39 is 0 Å². The number of nitrogens with zero attached hydrogens (tertiary/aromatic N) is 5. The Labute approximate surface area is 301 Å². The molecule has 4 aromatic heterocycles. The normalized spacial score (nSPS) is 12.2. The molecular formula is C46H37N5O. The van der Waals surface area contributed by atoms with Gasteiger partial charge in [-0.15, -0.1) is 0 Å². The van der Waals surface area contributed by atoms with Gasteiger partial charge in [-0.05, 0) is 82.9 Å². The van der Waals surface area contributed by atoms with E-state index in [2.05, 4.69) is 169 Å². The lowest BCUT2D eigenvalue weighted by atomic mass is 9.92. The highest BCUT2D eigenvalue weighted by Gasteiger charge is 2.22. The van der Waals surface area contributed by atoms with E-state index in [1.165, 1.54) is 27.6 Å². The lowest BCUT2D eigenvalue weighted by Crippen LogP contribution is -2.11. The summed E-state index contributed by atoms with van der Waals surface area (Å²) in [6.07, 6.45) is 4.01. The number of aromatic nitrogens is 5. The van der Waals surface area contributed by atoms with Crippen LogP contribution in [0.1, 0.15) is 50.7 Å². The molecule has 6 aromatic carbocycles. The number of pyridine rings is 1. The Bertz CT molecular complexity index is 2990. The Morgan fingerprint density at radius 3 is 1.90 bits per heavy atom. The van der Waals surface area contributed by atoms with Crippen LogP contribution in [-0.2, 0) is 0 Å². The number of imidazole rings is 2. The quantitative estimate of drug-likeness (QED) is 0.165. The number of fused-ring (bicyclic) bond motifs is 11. The number of hydrogen-bond donors (Lipinski definition) is 0. The van der Waals surface area contributed by atoms with Gasteiger partial charge in [0.25, 0.3) is 0 Å². The molecule has 0 saturated carbocycles. The van der Waals surface area contributed by atoms with Crippen LogP contribution in [0.3, 0.4) is 0 Å². The van der Waals surface area contributed by atoms with Crippen LogP contribution in [0.5, 0.6) is 11.5 Å². The van der Waals surface area contributed by atoms with Gasteiger partial charge in [-0.3, -0.25) is 13.5 Å². The van der Waals surface area contributed by atoms with Crippen molar-refractivity contribution in [1.82, 2.24) is 23.5 Å². The Hall–Kier alpha value is -6.40. The smallest absolute Gasteiger partial charge is 0.219 e. The highest BCUT2D eigenvalue weighted by Crippen LogP contribution is 2.39. The first kappa shape index (κ1) is 30.4. The van der Waals surface area contributed by atoms with Crippen LogP contribution in [0.15, 0.2) is 140 Å². The molecule has 4 heterocycles. The fourth-order valence-corrected chi connectivity index (χ4v) is 8.14. The van der Waals surface area contributed by atoms with Crippen molar-refractivity contribution in [3.05, 3.63) is 151 Å². The van der Waals surface area contributed by atoms with Crippen LogP contribution in [0.2, 0.25) is 0 Å². The average Bonchev–Trinajstić information content (AvgIpc) is 3.88. The van der Waals surface area contributed by atoms with Crippen molar-refractivity contribution in [3.63, 3.8) is 0 Å². The number of benzene rings is 6. The molecule has 0 aliphatic rings. The van der Waals surface area contributed by atoms with Crippen molar-refractivity contribution in [2.45, 2.75) is 39.5 Å². The fourth-order valence-electron chi connectivity index (χ4n) is 8.14. The van der Waals surface area contributed by atoms with E-state index in [-0.39, 0.29) is 0 Å². The van der Waals surface area contributed by atoms with E-state index in [0.717, 1.165) is 66.8 Å². The molecule has 0 fully saturated rings. The minimum Gasteiger partial charge on any atom is -0.457 e. The molecule has 0 spiro atoms. The molecule has 0 radical (unpaired) electrons. The van der Waals surface area contributed by atoms with Gasteiger partial charge >= 0.3 is 0 Å². The number of hydrogen-bond acceptors (Lipinski definition) is 3. The van der Waals surface area contributed by atoms with Gasteiger partial charge in [0.2, 0.25) is 5.95 Å². The van der Waals surface area contributed by atoms with E-state index in [4.69, 9.17) is 14.7 Å². The molecule has 0 amide bonds. The highest BCUT2D eigenvalue weighted by molar-refractivity contribution is 6.14. The number of rotatable bonds is 6. The summed E-state index contributed by atoms with van der Waals surface area (Å²) in [5, 5.41) is 5.70. The third kappa shape index (κ3) is 4.50. The van der Waals surface area contributed by atoms with Crippen molar-refractivity contribution in [1.29, 1.82) is 0 Å². The van der Waals surface area contributed by atoms with Gasteiger partial charge in [-0.25, -0.2) is 9.97 Å². The second kappa shape index (κ2) is 11.6. The summed E-state index contributed by atoms with van der Waals surface area (Å²) < 4.78 is 13.6. The van der Waals surface area contributed by atoms with Gasteiger partial charge in [0, 0.05) is 40.0 Å². The van der Waals surface area contributed by atoms with Gasteiger partial charge < -0.3 is 4.74 Å². The Morgan fingerprint density at radius 1 is 0.538 bits per heavy atom. The van der Waals surface area contributed by atoms with E-state index in [1.54, 1.807) is 0 Å². The zero-order chi connectivity index (χ0) is 35.1. The topological polar surface area (TPSA) is 49.3 Å². The molecule has 252 valence electrons. The molecule has 0 N–H and O–H groups in total. The molecule has 0 aliphatic carbocycles. The van der Waals surface area contributed by atoms with E-state index in [1.807, 2.05) is 12.3 Å². The van der Waals surface area contributed by atoms with Crippen LogP contribution in [0.4, 0.5) is 0 Å². The van der Waals surface area contributed by atoms with Crippen molar-refractivity contribution < 1.29 is 4.74 Å². The first-order valence-corrected chi connectivity index (χ1v) is 18.1. The second-order valence-electron chi connectivity index (χ2n) is 14.3. The molecule has 10 aromatic rings. The zero-order valence-corrected chi connectivity index (χ0v) is 29.6. The molecule has 0 bridgehead atoms. The van der Waals surface area contributed by atoms with Crippen LogP contribution >= 0.6 is 0 Å². The predicted molar refractivity (Wildman–Crippen MR) is 214 cm³/mol. The van der Waals surface area contributed by atoms with Crippen LogP contribution in [0.25, 0.3) is 71.8 Å². The second-order valence-corrected chi connectivity index (χ2v) is 14.3. The van der Waals surface area contributed by atoms with Crippen LogP contribution in [-0.4, -0.2) is 23.5 Å². The zero-order valence-electron chi connectivity index (χ0n) is 29.6. The largest absolute Gasteiger partial charge is 0.457 e. The summed E-state index contributed by atoms with van der Waals surface area (Å²) in [5.41, 5.74) is 10.1. The summed E-state index contributed by atoms with van der Waals surface area (Å²) in [6.45, 7) is 9.05. The molecule has 0 atom stereocenters. The van der Waals surface area contributed by atoms with Gasteiger partial charge in [0.05, 0.1) is 33.3 Å².